The maximum atomic E-state index is 5.72. The predicted octanol–water partition coefficient (Wildman–Crippen LogP) is 2.32. The average molecular weight is 285 g/mol. The smallest absolute Gasteiger partial charge is 0.219 e. The minimum absolute atomic E-state index is 0.415. The largest absolute Gasteiger partial charge is 0.487 e. The fraction of sp³-hybridized carbons (Fsp3) is 0.375. The lowest BCUT2D eigenvalue weighted by molar-refractivity contribution is 0.292. The van der Waals surface area contributed by atoms with Crippen LogP contribution in [0, 0.1) is 0 Å². The molecule has 1 aliphatic rings. The van der Waals surface area contributed by atoms with Crippen molar-refractivity contribution in [3.05, 3.63) is 47.9 Å². The maximum Gasteiger partial charge on any atom is 0.219 e. The second-order valence-electron chi connectivity index (χ2n) is 5.10. The molecule has 21 heavy (non-hydrogen) atoms. The van der Waals surface area contributed by atoms with Crippen LogP contribution in [0.1, 0.15) is 24.1 Å². The Hall–Kier alpha value is -2.14. The van der Waals surface area contributed by atoms with Gasteiger partial charge in [-0.2, -0.15) is 0 Å². The number of pyridine rings is 2. The van der Waals surface area contributed by atoms with Gasteiger partial charge in [0.25, 0.3) is 0 Å². The van der Waals surface area contributed by atoms with Crippen LogP contribution in [0.4, 0.5) is 0 Å². The third-order valence-corrected chi connectivity index (χ3v) is 3.38. The summed E-state index contributed by atoms with van der Waals surface area (Å²) in [5.74, 6) is 1.34. The van der Waals surface area contributed by atoms with Crippen LogP contribution in [-0.2, 0) is 13.2 Å². The van der Waals surface area contributed by atoms with Crippen molar-refractivity contribution >= 4 is 0 Å². The maximum absolute atomic E-state index is 5.72. The van der Waals surface area contributed by atoms with Crippen LogP contribution in [0.15, 0.2) is 36.7 Å². The van der Waals surface area contributed by atoms with Crippen molar-refractivity contribution in [2.75, 3.05) is 7.11 Å². The lowest BCUT2D eigenvalue weighted by Crippen LogP contribution is -2.16. The zero-order valence-electron chi connectivity index (χ0n) is 12.1. The van der Waals surface area contributed by atoms with Gasteiger partial charge in [0, 0.05) is 18.8 Å². The molecule has 1 N–H and O–H groups in total. The second-order valence-corrected chi connectivity index (χ2v) is 5.10. The van der Waals surface area contributed by atoms with Crippen LogP contribution in [0.3, 0.4) is 0 Å². The molecule has 2 aromatic rings. The summed E-state index contributed by atoms with van der Waals surface area (Å²) in [6, 6.07) is 8.44. The third kappa shape index (κ3) is 3.92. The van der Waals surface area contributed by atoms with Crippen LogP contribution >= 0.6 is 0 Å². The number of aromatic nitrogens is 2. The molecule has 0 spiro atoms. The highest BCUT2D eigenvalue weighted by molar-refractivity contribution is 5.26. The van der Waals surface area contributed by atoms with Gasteiger partial charge in [-0.1, -0.05) is 0 Å². The van der Waals surface area contributed by atoms with Gasteiger partial charge >= 0.3 is 0 Å². The standard InChI is InChI=1S/C16H19N3O2/c1-20-16-12(3-2-8-17-16)11-21-15-7-6-14(19-10-15)9-18-13-4-5-13/h2-3,6-8,10,13,18H,4-5,9,11H2,1H3. The van der Waals surface area contributed by atoms with E-state index in [4.69, 9.17) is 9.47 Å². The Balaban J connectivity index is 1.54. The molecule has 1 aliphatic carbocycles. The average Bonchev–Trinajstić information content (AvgIpc) is 3.36. The lowest BCUT2D eigenvalue weighted by Gasteiger charge is -2.09. The number of nitrogens with one attached hydrogen (secondary N) is 1. The molecule has 110 valence electrons. The van der Waals surface area contributed by atoms with E-state index in [0.717, 1.165) is 23.6 Å². The van der Waals surface area contributed by atoms with Gasteiger partial charge in [0.05, 0.1) is 24.6 Å². The molecule has 0 aliphatic heterocycles. The number of hydrogen-bond acceptors (Lipinski definition) is 5. The molecule has 0 unspecified atom stereocenters. The Bertz CT molecular complexity index is 582. The fourth-order valence-corrected chi connectivity index (χ4v) is 2.02. The fourth-order valence-electron chi connectivity index (χ4n) is 2.02. The van der Waals surface area contributed by atoms with Crippen molar-refractivity contribution in [3.63, 3.8) is 0 Å². The van der Waals surface area contributed by atoms with E-state index in [1.165, 1.54) is 12.8 Å². The Labute approximate surface area is 124 Å². The van der Waals surface area contributed by atoms with Crippen LogP contribution in [0.25, 0.3) is 0 Å². The topological polar surface area (TPSA) is 56.3 Å². The molecular weight excluding hydrogens is 266 g/mol. The molecule has 0 radical (unpaired) electrons. The molecule has 5 heteroatoms. The SMILES string of the molecule is COc1ncccc1COc1ccc(CNC2CC2)nc1. The molecule has 5 nitrogen and oxygen atoms in total. The summed E-state index contributed by atoms with van der Waals surface area (Å²) in [4.78, 5) is 8.54. The second kappa shape index (κ2) is 6.54. The quantitative estimate of drug-likeness (QED) is 0.846. The number of nitrogens with zero attached hydrogens (tertiary/aromatic N) is 2. The predicted molar refractivity (Wildman–Crippen MR) is 79.2 cm³/mol. The Morgan fingerprint density at radius 3 is 2.86 bits per heavy atom. The highest BCUT2D eigenvalue weighted by Crippen LogP contribution is 2.20. The van der Waals surface area contributed by atoms with Gasteiger partial charge in [-0.05, 0) is 37.1 Å². The van der Waals surface area contributed by atoms with Crippen molar-refractivity contribution in [2.24, 2.45) is 0 Å². The van der Waals surface area contributed by atoms with E-state index < -0.39 is 0 Å². The van der Waals surface area contributed by atoms with Crippen molar-refractivity contribution in [1.82, 2.24) is 15.3 Å². The number of hydrogen-bond donors (Lipinski definition) is 1. The first-order chi connectivity index (χ1) is 10.3. The number of methoxy groups -OCH3 is 1. The summed E-state index contributed by atoms with van der Waals surface area (Å²) in [6.45, 7) is 1.24. The van der Waals surface area contributed by atoms with E-state index in [1.807, 2.05) is 24.3 Å². The summed E-state index contributed by atoms with van der Waals surface area (Å²) in [5.41, 5.74) is 1.95. The summed E-state index contributed by atoms with van der Waals surface area (Å²) >= 11 is 0. The summed E-state index contributed by atoms with van der Waals surface area (Å²) in [5, 5.41) is 3.44. The Morgan fingerprint density at radius 2 is 2.14 bits per heavy atom. The van der Waals surface area contributed by atoms with Crippen molar-refractivity contribution in [1.29, 1.82) is 0 Å². The molecule has 2 heterocycles. The first-order valence-corrected chi connectivity index (χ1v) is 7.14. The molecule has 1 fully saturated rings. The minimum Gasteiger partial charge on any atom is -0.487 e. The van der Waals surface area contributed by atoms with Crippen molar-refractivity contribution < 1.29 is 9.47 Å². The lowest BCUT2D eigenvalue weighted by atomic mass is 10.3. The van der Waals surface area contributed by atoms with Crippen LogP contribution in [-0.4, -0.2) is 23.1 Å². The van der Waals surface area contributed by atoms with Crippen LogP contribution in [0.2, 0.25) is 0 Å². The molecule has 1 saturated carbocycles. The zero-order chi connectivity index (χ0) is 14.5. The summed E-state index contributed by atoms with van der Waals surface area (Å²) < 4.78 is 10.9. The highest BCUT2D eigenvalue weighted by atomic mass is 16.5. The van der Waals surface area contributed by atoms with Gasteiger partial charge in [0.1, 0.15) is 12.4 Å². The van der Waals surface area contributed by atoms with E-state index in [1.54, 1.807) is 19.5 Å². The molecule has 3 rings (SSSR count). The van der Waals surface area contributed by atoms with Gasteiger partial charge in [-0.25, -0.2) is 4.98 Å². The van der Waals surface area contributed by atoms with Crippen molar-refractivity contribution in [3.8, 4) is 11.6 Å². The molecule has 0 atom stereocenters. The van der Waals surface area contributed by atoms with E-state index in [-0.39, 0.29) is 0 Å². The zero-order valence-corrected chi connectivity index (χ0v) is 12.1. The number of rotatable bonds is 7. The molecular formula is C16H19N3O2. The first kappa shape index (κ1) is 13.8. The highest BCUT2D eigenvalue weighted by Gasteiger charge is 2.20. The Morgan fingerprint density at radius 1 is 1.24 bits per heavy atom. The summed E-state index contributed by atoms with van der Waals surface area (Å²) in [7, 11) is 1.61. The molecule has 0 bridgehead atoms. The van der Waals surface area contributed by atoms with Crippen LogP contribution in [0.5, 0.6) is 11.6 Å². The van der Waals surface area contributed by atoms with Crippen molar-refractivity contribution in [2.45, 2.75) is 32.0 Å². The normalized spacial score (nSPS) is 14.0. The summed E-state index contributed by atoms with van der Waals surface area (Å²) in [6.07, 6.45) is 6.03. The molecule has 0 amide bonds. The Kier molecular flexibility index (Phi) is 4.31. The van der Waals surface area contributed by atoms with Gasteiger partial charge in [-0.3, -0.25) is 4.98 Å². The van der Waals surface area contributed by atoms with Gasteiger partial charge < -0.3 is 14.8 Å². The third-order valence-electron chi connectivity index (χ3n) is 3.38. The van der Waals surface area contributed by atoms with E-state index in [2.05, 4.69) is 15.3 Å². The van der Waals surface area contributed by atoms with E-state index in [9.17, 15) is 0 Å². The molecule has 0 aromatic carbocycles. The molecule has 2 aromatic heterocycles. The minimum atomic E-state index is 0.415. The van der Waals surface area contributed by atoms with Gasteiger partial charge in [0.2, 0.25) is 5.88 Å². The van der Waals surface area contributed by atoms with Gasteiger partial charge in [-0.15, -0.1) is 0 Å². The van der Waals surface area contributed by atoms with Crippen LogP contribution < -0.4 is 14.8 Å². The first-order valence-electron chi connectivity index (χ1n) is 7.14. The van der Waals surface area contributed by atoms with Gasteiger partial charge in [0.15, 0.2) is 0 Å². The molecule has 0 saturated heterocycles. The number of ether oxygens (including phenoxy) is 2. The van der Waals surface area contributed by atoms with E-state index >= 15 is 0 Å². The van der Waals surface area contributed by atoms with E-state index in [0.29, 0.717) is 18.5 Å². The monoisotopic (exact) mass is 285 g/mol.